The number of nitrogens with one attached hydrogen (secondary N) is 1. The number of halogens is 2. The van der Waals surface area contributed by atoms with Gasteiger partial charge >= 0.3 is 0 Å². The first-order valence-corrected chi connectivity index (χ1v) is 8.33. The molecule has 2 aromatic rings. The molecule has 0 aromatic heterocycles. The summed E-state index contributed by atoms with van der Waals surface area (Å²) in [5.74, 6) is -0.129. The molecule has 25 heavy (non-hydrogen) atoms. The van der Waals surface area contributed by atoms with E-state index in [-0.39, 0.29) is 16.3 Å². The number of anilines is 1. The second-order valence-corrected chi connectivity index (χ2v) is 6.13. The summed E-state index contributed by atoms with van der Waals surface area (Å²) in [6.45, 7) is 0. The van der Waals surface area contributed by atoms with Crippen molar-refractivity contribution in [3.63, 3.8) is 0 Å². The Bertz CT molecular complexity index is 935. The number of hydrogen-bond acceptors (Lipinski definition) is 5. The fraction of sp³-hybridized carbons (Fsp3) is 0.0556. The molecule has 0 amide bonds. The Morgan fingerprint density at radius 2 is 1.76 bits per heavy atom. The summed E-state index contributed by atoms with van der Waals surface area (Å²) in [5.41, 5.74) is 0.572. The molecule has 7 heteroatoms. The van der Waals surface area contributed by atoms with E-state index in [1.807, 2.05) is 0 Å². The third-order valence-corrected chi connectivity index (χ3v) is 4.56. The highest BCUT2D eigenvalue weighted by molar-refractivity contribution is 7.98. The van der Waals surface area contributed by atoms with Crippen molar-refractivity contribution in [2.24, 2.45) is 0 Å². The summed E-state index contributed by atoms with van der Waals surface area (Å²) in [7, 11) is 0. The lowest BCUT2D eigenvalue weighted by Crippen LogP contribution is -2.02. The van der Waals surface area contributed by atoms with Crippen molar-refractivity contribution in [2.75, 3.05) is 5.32 Å². The van der Waals surface area contributed by atoms with Crippen molar-refractivity contribution in [3.8, 4) is 18.2 Å². The van der Waals surface area contributed by atoms with Crippen molar-refractivity contribution in [1.29, 1.82) is 15.8 Å². The van der Waals surface area contributed by atoms with Crippen LogP contribution in [0.5, 0.6) is 0 Å². The van der Waals surface area contributed by atoms with Crippen LogP contribution in [0.3, 0.4) is 0 Å². The Labute approximate surface area is 153 Å². The number of rotatable bonds is 5. The van der Waals surface area contributed by atoms with Gasteiger partial charge in [0.25, 0.3) is 0 Å². The second kappa shape index (κ2) is 8.76. The number of nitrogens with zero attached hydrogens (tertiary/aromatic N) is 3. The quantitative estimate of drug-likeness (QED) is 0.592. The molecule has 0 aliphatic rings. The topological polar surface area (TPSA) is 83.4 Å². The highest BCUT2D eigenvalue weighted by Crippen LogP contribution is 2.32. The summed E-state index contributed by atoms with van der Waals surface area (Å²) in [5, 5.41) is 29.8. The van der Waals surface area contributed by atoms with Gasteiger partial charge in [-0.3, -0.25) is 0 Å². The van der Waals surface area contributed by atoms with Gasteiger partial charge in [-0.25, -0.2) is 4.39 Å². The molecule has 0 heterocycles. The molecule has 0 aliphatic heterocycles. The van der Waals surface area contributed by atoms with E-state index >= 15 is 0 Å². The first-order valence-electron chi connectivity index (χ1n) is 6.97. The Morgan fingerprint density at radius 1 is 1.04 bits per heavy atom. The average Bonchev–Trinajstić information content (AvgIpc) is 2.64. The van der Waals surface area contributed by atoms with E-state index in [0.29, 0.717) is 17.0 Å². The normalized spacial score (nSPS) is 9.40. The monoisotopic (exact) mass is 368 g/mol. The third kappa shape index (κ3) is 4.52. The minimum absolute atomic E-state index is 0.0619. The van der Waals surface area contributed by atoms with Gasteiger partial charge in [-0.05, 0) is 23.8 Å². The molecule has 0 saturated heterocycles. The van der Waals surface area contributed by atoms with E-state index in [9.17, 15) is 4.39 Å². The molecule has 1 N–H and O–H groups in total. The van der Waals surface area contributed by atoms with Crippen molar-refractivity contribution in [2.45, 2.75) is 10.6 Å². The molecule has 0 bridgehead atoms. The highest BCUT2D eigenvalue weighted by atomic mass is 35.5. The zero-order chi connectivity index (χ0) is 18.2. The Hall–Kier alpha value is -2.98. The predicted molar refractivity (Wildman–Crippen MR) is 94.9 cm³/mol. The summed E-state index contributed by atoms with van der Waals surface area (Å²) in [6, 6.07) is 17.0. The summed E-state index contributed by atoms with van der Waals surface area (Å²) in [6.07, 6.45) is 0. The number of hydrogen-bond donors (Lipinski definition) is 1. The Kier molecular flexibility index (Phi) is 6.43. The van der Waals surface area contributed by atoms with Gasteiger partial charge in [-0.15, -0.1) is 11.8 Å². The van der Waals surface area contributed by atoms with Crippen molar-refractivity contribution in [3.05, 3.63) is 70.1 Å². The molecule has 0 aliphatic carbocycles. The highest BCUT2D eigenvalue weighted by Gasteiger charge is 2.11. The Balaban J connectivity index is 2.26. The predicted octanol–water partition coefficient (Wildman–Crippen LogP) is 5.01. The van der Waals surface area contributed by atoms with Gasteiger partial charge in [0.2, 0.25) is 0 Å². The number of thioether (sulfide) groups is 1. The fourth-order valence-electron chi connectivity index (χ4n) is 1.93. The van der Waals surface area contributed by atoms with Crippen LogP contribution in [0.2, 0.25) is 5.02 Å². The standard InChI is InChI=1S/C18H10ClFN4S/c19-14-5-3-4-12(18(14)20)11-25-17-7-2-1-6-15(17)24-16(10-23)13(8-21)9-22/h1-7,24H,11H2. The molecule has 122 valence electrons. The summed E-state index contributed by atoms with van der Waals surface area (Å²) >= 11 is 7.12. The minimum atomic E-state index is -0.462. The van der Waals surface area contributed by atoms with Crippen molar-refractivity contribution >= 4 is 29.1 Å². The van der Waals surface area contributed by atoms with Crippen LogP contribution >= 0.6 is 23.4 Å². The van der Waals surface area contributed by atoms with E-state index < -0.39 is 5.82 Å². The molecule has 2 rings (SSSR count). The van der Waals surface area contributed by atoms with E-state index in [1.54, 1.807) is 54.6 Å². The van der Waals surface area contributed by atoms with E-state index in [4.69, 9.17) is 27.4 Å². The van der Waals surface area contributed by atoms with Crippen LogP contribution in [0.4, 0.5) is 10.1 Å². The van der Waals surface area contributed by atoms with Crippen LogP contribution in [0.25, 0.3) is 0 Å². The molecule has 0 spiro atoms. The van der Waals surface area contributed by atoms with Gasteiger partial charge < -0.3 is 5.32 Å². The Morgan fingerprint density at radius 3 is 2.44 bits per heavy atom. The molecule has 2 aromatic carbocycles. The average molecular weight is 369 g/mol. The third-order valence-electron chi connectivity index (χ3n) is 3.15. The molecular formula is C18H10ClFN4S. The smallest absolute Gasteiger partial charge is 0.163 e. The SMILES string of the molecule is N#CC(C#N)=C(C#N)Nc1ccccc1SCc1cccc(Cl)c1F. The summed E-state index contributed by atoms with van der Waals surface area (Å²) in [4.78, 5) is 0.741. The van der Waals surface area contributed by atoms with Gasteiger partial charge in [0, 0.05) is 10.6 Å². The number of para-hydroxylation sites is 1. The zero-order valence-corrected chi connectivity index (χ0v) is 14.3. The number of benzene rings is 2. The van der Waals surface area contributed by atoms with E-state index in [1.165, 1.54) is 17.8 Å². The largest absolute Gasteiger partial charge is 0.344 e. The zero-order valence-electron chi connectivity index (χ0n) is 12.8. The molecule has 0 atom stereocenters. The summed E-state index contributed by atoms with van der Waals surface area (Å²) < 4.78 is 14.0. The number of allylic oxidation sites excluding steroid dienone is 2. The lowest BCUT2D eigenvalue weighted by atomic mass is 10.2. The van der Waals surface area contributed by atoms with Gasteiger partial charge in [-0.2, -0.15) is 15.8 Å². The molecule has 4 nitrogen and oxygen atoms in total. The van der Waals surface area contributed by atoms with Crippen LogP contribution in [0, 0.1) is 39.8 Å². The van der Waals surface area contributed by atoms with Crippen LogP contribution in [-0.4, -0.2) is 0 Å². The van der Waals surface area contributed by atoms with Gasteiger partial charge in [-0.1, -0.05) is 35.9 Å². The molecule has 0 unspecified atom stereocenters. The second-order valence-electron chi connectivity index (χ2n) is 4.71. The molecule has 0 radical (unpaired) electrons. The first-order chi connectivity index (χ1) is 12.1. The maximum absolute atomic E-state index is 14.0. The van der Waals surface area contributed by atoms with Crippen molar-refractivity contribution < 1.29 is 4.39 Å². The first kappa shape index (κ1) is 18.4. The van der Waals surface area contributed by atoms with Gasteiger partial charge in [0.1, 0.15) is 29.7 Å². The van der Waals surface area contributed by atoms with Crippen LogP contribution < -0.4 is 5.32 Å². The van der Waals surface area contributed by atoms with Crippen LogP contribution in [-0.2, 0) is 5.75 Å². The molecule has 0 saturated carbocycles. The maximum atomic E-state index is 14.0. The van der Waals surface area contributed by atoms with Gasteiger partial charge in [0.15, 0.2) is 5.57 Å². The molecule has 0 fully saturated rings. The van der Waals surface area contributed by atoms with Crippen LogP contribution in [0.15, 0.2) is 58.6 Å². The van der Waals surface area contributed by atoms with E-state index in [2.05, 4.69) is 5.32 Å². The molecular weight excluding hydrogens is 359 g/mol. The van der Waals surface area contributed by atoms with Crippen molar-refractivity contribution in [1.82, 2.24) is 0 Å². The van der Waals surface area contributed by atoms with Crippen LogP contribution in [0.1, 0.15) is 5.56 Å². The van der Waals surface area contributed by atoms with E-state index in [0.717, 1.165) is 4.90 Å². The minimum Gasteiger partial charge on any atom is -0.344 e. The number of nitriles is 3. The lowest BCUT2D eigenvalue weighted by Gasteiger charge is -2.11. The fourth-order valence-corrected chi connectivity index (χ4v) is 3.11. The maximum Gasteiger partial charge on any atom is 0.163 e. The lowest BCUT2D eigenvalue weighted by molar-refractivity contribution is 0.618. The van der Waals surface area contributed by atoms with Gasteiger partial charge in [0.05, 0.1) is 10.7 Å².